The van der Waals surface area contributed by atoms with Crippen LogP contribution in [0.3, 0.4) is 0 Å². The zero-order valence-electron chi connectivity index (χ0n) is 17.6. The minimum atomic E-state index is -4.43. The molecule has 0 spiro atoms. The van der Waals surface area contributed by atoms with Crippen LogP contribution in [0, 0.1) is 0 Å². The SMILES string of the molecule is COC(=O)NCCNc1ccc(NC(=O)c2ccccc2-c2ccc(C(F)(F)F)cc2)cn1. The molecular weight excluding hydrogens is 437 g/mol. The standard InChI is InChI=1S/C23H21F3N4O3/c1-33-22(32)28-13-12-27-20-11-10-17(14-29-20)30-21(31)19-5-3-2-4-18(19)15-6-8-16(9-7-15)23(24,25)26/h2-11,14H,12-13H2,1H3,(H,27,29)(H,28,32)(H,30,31). The number of aromatic nitrogens is 1. The zero-order valence-corrected chi connectivity index (χ0v) is 17.6. The van der Waals surface area contributed by atoms with Gasteiger partial charge in [0.15, 0.2) is 0 Å². The fourth-order valence-electron chi connectivity index (χ4n) is 2.97. The monoisotopic (exact) mass is 458 g/mol. The molecule has 2 aromatic carbocycles. The van der Waals surface area contributed by atoms with Gasteiger partial charge in [0.2, 0.25) is 0 Å². The van der Waals surface area contributed by atoms with Crippen LogP contribution in [0.4, 0.5) is 29.5 Å². The molecule has 0 atom stereocenters. The van der Waals surface area contributed by atoms with Crippen molar-refractivity contribution in [2.45, 2.75) is 6.18 Å². The van der Waals surface area contributed by atoms with E-state index in [0.29, 0.717) is 41.3 Å². The molecule has 0 aliphatic rings. The number of alkyl carbamates (subject to hydrolysis) is 1. The number of benzene rings is 2. The zero-order chi connectivity index (χ0) is 23.8. The maximum Gasteiger partial charge on any atom is 0.416 e. The summed E-state index contributed by atoms with van der Waals surface area (Å²) in [6, 6.07) is 14.6. The summed E-state index contributed by atoms with van der Waals surface area (Å²) in [5, 5.41) is 8.27. The van der Waals surface area contributed by atoms with Gasteiger partial charge >= 0.3 is 12.3 Å². The quantitative estimate of drug-likeness (QED) is 0.443. The van der Waals surface area contributed by atoms with Crippen LogP contribution in [-0.4, -0.2) is 37.2 Å². The van der Waals surface area contributed by atoms with E-state index in [0.717, 1.165) is 12.1 Å². The van der Waals surface area contributed by atoms with Gasteiger partial charge in [-0.1, -0.05) is 30.3 Å². The lowest BCUT2D eigenvalue weighted by Crippen LogP contribution is -2.28. The van der Waals surface area contributed by atoms with Crippen molar-refractivity contribution in [3.8, 4) is 11.1 Å². The maximum atomic E-state index is 12.8. The average Bonchev–Trinajstić information content (AvgIpc) is 2.82. The van der Waals surface area contributed by atoms with Gasteiger partial charge in [-0.3, -0.25) is 4.79 Å². The number of carbonyl (C=O) groups is 2. The fourth-order valence-corrected chi connectivity index (χ4v) is 2.97. The van der Waals surface area contributed by atoms with Gasteiger partial charge in [0.05, 0.1) is 24.6 Å². The third kappa shape index (κ3) is 6.45. The summed E-state index contributed by atoms with van der Waals surface area (Å²) in [7, 11) is 1.28. The van der Waals surface area contributed by atoms with Gasteiger partial charge in [0, 0.05) is 18.7 Å². The van der Waals surface area contributed by atoms with Crippen molar-refractivity contribution in [2.75, 3.05) is 30.8 Å². The summed E-state index contributed by atoms with van der Waals surface area (Å²) in [5.41, 5.74) is 1.00. The Labute approximate surface area is 188 Å². The second-order valence-electron chi connectivity index (χ2n) is 6.85. The van der Waals surface area contributed by atoms with Crippen LogP contribution >= 0.6 is 0 Å². The minimum absolute atomic E-state index is 0.313. The topological polar surface area (TPSA) is 92.4 Å². The number of hydrogen-bond donors (Lipinski definition) is 3. The number of amides is 2. The summed E-state index contributed by atoms with van der Waals surface area (Å²) >= 11 is 0. The smallest absolute Gasteiger partial charge is 0.416 e. The van der Waals surface area contributed by atoms with E-state index < -0.39 is 23.7 Å². The molecule has 0 saturated carbocycles. The Morgan fingerprint density at radius 2 is 1.70 bits per heavy atom. The highest BCUT2D eigenvalue weighted by atomic mass is 19.4. The van der Waals surface area contributed by atoms with Crippen LogP contribution in [0.25, 0.3) is 11.1 Å². The minimum Gasteiger partial charge on any atom is -0.453 e. The molecular formula is C23H21F3N4O3. The number of anilines is 2. The molecule has 3 N–H and O–H groups in total. The van der Waals surface area contributed by atoms with Gasteiger partial charge in [0.25, 0.3) is 5.91 Å². The van der Waals surface area contributed by atoms with Gasteiger partial charge in [-0.05, 0) is 41.5 Å². The number of methoxy groups -OCH3 is 1. The fraction of sp³-hybridized carbons (Fsp3) is 0.174. The Hall–Kier alpha value is -4.08. The number of halogens is 3. The van der Waals surface area contributed by atoms with E-state index in [4.69, 9.17) is 0 Å². The number of rotatable bonds is 7. The molecule has 0 bridgehead atoms. The molecule has 1 heterocycles. The van der Waals surface area contributed by atoms with E-state index in [-0.39, 0.29) is 0 Å². The van der Waals surface area contributed by atoms with Crippen molar-refractivity contribution < 1.29 is 27.5 Å². The van der Waals surface area contributed by atoms with Crippen molar-refractivity contribution in [2.24, 2.45) is 0 Å². The molecule has 0 saturated heterocycles. The van der Waals surface area contributed by atoms with Gasteiger partial charge < -0.3 is 20.7 Å². The maximum absolute atomic E-state index is 12.8. The first kappa shape index (κ1) is 23.6. The van der Waals surface area contributed by atoms with Crippen molar-refractivity contribution in [1.29, 1.82) is 0 Å². The molecule has 1 aromatic heterocycles. The van der Waals surface area contributed by atoms with E-state index in [1.54, 1.807) is 36.4 Å². The second kappa shape index (κ2) is 10.5. The summed E-state index contributed by atoms with van der Waals surface area (Å²) in [6.07, 6.45) is -3.49. The molecule has 0 unspecified atom stereocenters. The first-order valence-electron chi connectivity index (χ1n) is 9.87. The van der Waals surface area contributed by atoms with E-state index in [9.17, 15) is 22.8 Å². The lowest BCUT2D eigenvalue weighted by molar-refractivity contribution is -0.137. The Morgan fingerprint density at radius 3 is 2.33 bits per heavy atom. The molecule has 0 radical (unpaired) electrons. The van der Waals surface area contributed by atoms with Crippen LogP contribution in [0.5, 0.6) is 0 Å². The highest BCUT2D eigenvalue weighted by Gasteiger charge is 2.30. The summed E-state index contributed by atoms with van der Waals surface area (Å²) < 4.78 is 43.0. The number of alkyl halides is 3. The normalized spacial score (nSPS) is 10.9. The molecule has 0 fully saturated rings. The molecule has 0 aliphatic carbocycles. The first-order valence-corrected chi connectivity index (χ1v) is 9.87. The predicted molar refractivity (Wildman–Crippen MR) is 118 cm³/mol. The van der Waals surface area contributed by atoms with Crippen LogP contribution in [-0.2, 0) is 10.9 Å². The van der Waals surface area contributed by atoms with Crippen LogP contribution < -0.4 is 16.0 Å². The number of nitrogens with zero attached hydrogens (tertiary/aromatic N) is 1. The number of nitrogens with one attached hydrogen (secondary N) is 3. The van der Waals surface area contributed by atoms with Gasteiger partial charge in [-0.15, -0.1) is 0 Å². The van der Waals surface area contributed by atoms with Crippen LogP contribution in [0.15, 0.2) is 66.9 Å². The van der Waals surface area contributed by atoms with Gasteiger partial charge in [0.1, 0.15) is 5.82 Å². The van der Waals surface area contributed by atoms with Gasteiger partial charge in [-0.25, -0.2) is 9.78 Å². The Bertz CT molecular complexity index is 1100. The van der Waals surface area contributed by atoms with Crippen molar-refractivity contribution in [1.82, 2.24) is 10.3 Å². The third-order valence-electron chi connectivity index (χ3n) is 4.60. The molecule has 33 heavy (non-hydrogen) atoms. The number of hydrogen-bond acceptors (Lipinski definition) is 5. The molecule has 7 nitrogen and oxygen atoms in total. The van der Waals surface area contributed by atoms with E-state index in [1.807, 2.05) is 0 Å². The van der Waals surface area contributed by atoms with E-state index in [2.05, 4.69) is 25.7 Å². The Morgan fingerprint density at radius 1 is 0.970 bits per heavy atom. The largest absolute Gasteiger partial charge is 0.453 e. The van der Waals surface area contributed by atoms with Crippen LogP contribution in [0.1, 0.15) is 15.9 Å². The van der Waals surface area contributed by atoms with E-state index >= 15 is 0 Å². The summed E-state index contributed by atoms with van der Waals surface area (Å²) in [6.45, 7) is 0.766. The molecule has 172 valence electrons. The van der Waals surface area contributed by atoms with Crippen molar-refractivity contribution in [3.05, 3.63) is 78.0 Å². The Balaban J connectivity index is 1.66. The second-order valence-corrected chi connectivity index (χ2v) is 6.85. The highest BCUT2D eigenvalue weighted by molar-refractivity contribution is 6.08. The van der Waals surface area contributed by atoms with Crippen molar-refractivity contribution in [3.63, 3.8) is 0 Å². The first-order chi connectivity index (χ1) is 15.8. The third-order valence-corrected chi connectivity index (χ3v) is 4.60. The molecule has 10 heteroatoms. The number of pyridine rings is 1. The summed E-state index contributed by atoms with van der Waals surface area (Å²) in [5.74, 6) is 0.125. The summed E-state index contributed by atoms with van der Waals surface area (Å²) in [4.78, 5) is 28.0. The van der Waals surface area contributed by atoms with E-state index in [1.165, 1.54) is 25.4 Å². The number of carbonyl (C=O) groups excluding carboxylic acids is 2. The highest BCUT2D eigenvalue weighted by Crippen LogP contribution is 2.32. The predicted octanol–water partition coefficient (Wildman–Crippen LogP) is 4.79. The average molecular weight is 458 g/mol. The van der Waals surface area contributed by atoms with Crippen LogP contribution in [0.2, 0.25) is 0 Å². The number of ether oxygens (including phenoxy) is 1. The lowest BCUT2D eigenvalue weighted by Gasteiger charge is -2.12. The Kier molecular flexibility index (Phi) is 7.50. The molecule has 0 aliphatic heterocycles. The molecule has 3 aromatic rings. The molecule has 2 amide bonds. The molecule has 3 rings (SSSR count). The van der Waals surface area contributed by atoms with Crippen molar-refractivity contribution >= 4 is 23.5 Å². The lowest BCUT2D eigenvalue weighted by atomic mass is 9.98. The van der Waals surface area contributed by atoms with Gasteiger partial charge in [-0.2, -0.15) is 13.2 Å².